The first kappa shape index (κ1) is 9.31. The topological polar surface area (TPSA) is 37.3 Å². The van der Waals surface area contributed by atoms with Crippen LogP contribution >= 0.6 is 0 Å². The zero-order chi connectivity index (χ0) is 11.1. The summed E-state index contributed by atoms with van der Waals surface area (Å²) in [5.74, 6) is -0.214. The van der Waals surface area contributed by atoms with E-state index in [1.807, 2.05) is 36.4 Å². The Balaban J connectivity index is 2.37. The Kier molecular flexibility index (Phi) is 1.91. The number of aliphatic hydroxyl groups is 1. The Bertz CT molecular complexity index is 572. The van der Waals surface area contributed by atoms with E-state index in [4.69, 9.17) is 0 Å². The van der Waals surface area contributed by atoms with E-state index in [9.17, 15) is 9.90 Å². The van der Waals surface area contributed by atoms with E-state index in [1.54, 1.807) is 12.1 Å². The highest BCUT2D eigenvalue weighted by Crippen LogP contribution is 2.37. The first-order valence-electron chi connectivity index (χ1n) is 5.19. The van der Waals surface area contributed by atoms with Crippen LogP contribution in [0.25, 0.3) is 11.1 Å². The molecular formula is C14H10O2. The van der Waals surface area contributed by atoms with Crippen LogP contribution in [0.15, 0.2) is 48.5 Å². The van der Waals surface area contributed by atoms with Crippen molar-refractivity contribution in [1.29, 1.82) is 0 Å². The smallest absolute Gasteiger partial charge is 0.196 e. The van der Waals surface area contributed by atoms with Crippen molar-refractivity contribution < 1.29 is 9.90 Å². The molecule has 1 unspecified atom stereocenters. The van der Waals surface area contributed by atoms with E-state index in [-0.39, 0.29) is 5.78 Å². The minimum absolute atomic E-state index is 0.214. The normalized spacial score (nSPS) is 17.8. The lowest BCUT2D eigenvalue weighted by Crippen LogP contribution is -2.18. The van der Waals surface area contributed by atoms with Crippen LogP contribution in [0.4, 0.5) is 0 Å². The van der Waals surface area contributed by atoms with Gasteiger partial charge in [0.05, 0.1) is 0 Å². The molecule has 2 aromatic rings. The van der Waals surface area contributed by atoms with E-state index >= 15 is 0 Å². The summed E-state index contributed by atoms with van der Waals surface area (Å²) in [6.45, 7) is 0. The van der Waals surface area contributed by atoms with E-state index in [0.29, 0.717) is 11.1 Å². The molecule has 1 aliphatic carbocycles. The number of carbonyl (C=O) groups is 1. The average Bonchev–Trinajstić information content (AvgIpc) is 2.36. The van der Waals surface area contributed by atoms with Crippen LogP contribution < -0.4 is 0 Å². The molecule has 0 fully saturated rings. The number of rotatable bonds is 0. The number of carbonyl (C=O) groups excluding carboxylic acids is 1. The van der Waals surface area contributed by atoms with Gasteiger partial charge in [0.25, 0.3) is 0 Å². The van der Waals surface area contributed by atoms with Gasteiger partial charge >= 0.3 is 0 Å². The summed E-state index contributed by atoms with van der Waals surface area (Å²) in [6.07, 6.45) is -1.02. The van der Waals surface area contributed by atoms with Crippen molar-refractivity contribution in [2.45, 2.75) is 6.10 Å². The van der Waals surface area contributed by atoms with Crippen LogP contribution in [0, 0.1) is 0 Å². The molecule has 0 heterocycles. The summed E-state index contributed by atoms with van der Waals surface area (Å²) < 4.78 is 0. The average molecular weight is 210 g/mol. The SMILES string of the molecule is O=C1c2ccccc2-c2ccccc2C1O. The minimum Gasteiger partial charge on any atom is -0.380 e. The lowest BCUT2D eigenvalue weighted by molar-refractivity contribution is 0.0744. The number of ketones is 1. The predicted molar refractivity (Wildman–Crippen MR) is 61.2 cm³/mol. The number of hydrogen-bond acceptors (Lipinski definition) is 2. The van der Waals surface area contributed by atoms with Gasteiger partial charge in [-0.3, -0.25) is 4.79 Å². The maximum atomic E-state index is 11.9. The van der Waals surface area contributed by atoms with Gasteiger partial charge in [-0.25, -0.2) is 0 Å². The molecule has 1 N–H and O–H groups in total. The first-order valence-corrected chi connectivity index (χ1v) is 5.19. The van der Waals surface area contributed by atoms with Crippen LogP contribution in [-0.2, 0) is 0 Å². The zero-order valence-electron chi connectivity index (χ0n) is 8.55. The van der Waals surface area contributed by atoms with Crippen molar-refractivity contribution in [3.05, 3.63) is 59.7 Å². The number of Topliss-reactive ketones (excluding diaryl/α,β-unsaturated/α-hetero) is 1. The van der Waals surface area contributed by atoms with Gasteiger partial charge in [0, 0.05) is 5.56 Å². The molecule has 0 aliphatic heterocycles. The van der Waals surface area contributed by atoms with Gasteiger partial charge in [-0.2, -0.15) is 0 Å². The second-order valence-corrected chi connectivity index (χ2v) is 3.90. The van der Waals surface area contributed by atoms with Crippen LogP contribution in [0.5, 0.6) is 0 Å². The van der Waals surface area contributed by atoms with Gasteiger partial charge in [0.1, 0.15) is 6.10 Å². The highest BCUT2D eigenvalue weighted by molar-refractivity contribution is 6.09. The number of benzene rings is 2. The third kappa shape index (κ3) is 1.14. The number of hydrogen-bond donors (Lipinski definition) is 1. The number of aliphatic hydroxyl groups excluding tert-OH is 1. The molecule has 2 heteroatoms. The van der Waals surface area contributed by atoms with Crippen molar-refractivity contribution in [2.75, 3.05) is 0 Å². The molecular weight excluding hydrogens is 200 g/mol. The summed E-state index contributed by atoms with van der Waals surface area (Å²) in [4.78, 5) is 11.9. The molecule has 78 valence electrons. The fourth-order valence-corrected chi connectivity index (χ4v) is 2.20. The lowest BCUT2D eigenvalue weighted by atomic mass is 9.83. The van der Waals surface area contributed by atoms with Crippen LogP contribution in [-0.4, -0.2) is 10.9 Å². The van der Waals surface area contributed by atoms with Crippen LogP contribution in [0.1, 0.15) is 22.0 Å². The molecule has 0 bridgehead atoms. The van der Waals surface area contributed by atoms with Gasteiger partial charge < -0.3 is 5.11 Å². The van der Waals surface area contributed by atoms with Crippen molar-refractivity contribution in [3.8, 4) is 11.1 Å². The second-order valence-electron chi connectivity index (χ2n) is 3.90. The van der Waals surface area contributed by atoms with Crippen molar-refractivity contribution in [3.63, 3.8) is 0 Å². The molecule has 2 aromatic carbocycles. The fourth-order valence-electron chi connectivity index (χ4n) is 2.20. The Morgan fingerprint density at radius 1 is 0.812 bits per heavy atom. The molecule has 3 rings (SSSR count). The highest BCUT2D eigenvalue weighted by atomic mass is 16.3. The molecule has 1 atom stereocenters. The monoisotopic (exact) mass is 210 g/mol. The third-order valence-electron chi connectivity index (χ3n) is 2.99. The Hall–Kier alpha value is -1.93. The lowest BCUT2D eigenvalue weighted by Gasteiger charge is -2.22. The molecule has 16 heavy (non-hydrogen) atoms. The molecule has 0 saturated heterocycles. The van der Waals surface area contributed by atoms with Crippen LogP contribution in [0.2, 0.25) is 0 Å². The van der Waals surface area contributed by atoms with Gasteiger partial charge in [0.2, 0.25) is 0 Å². The fraction of sp³-hybridized carbons (Fsp3) is 0.0714. The summed E-state index contributed by atoms with van der Waals surface area (Å²) in [5.41, 5.74) is 3.17. The van der Waals surface area contributed by atoms with E-state index < -0.39 is 6.10 Å². The molecule has 2 nitrogen and oxygen atoms in total. The summed E-state index contributed by atoms with van der Waals surface area (Å²) in [7, 11) is 0. The van der Waals surface area contributed by atoms with Crippen LogP contribution in [0.3, 0.4) is 0 Å². The standard InChI is InChI=1S/C14H10O2/c15-13-11-7-3-1-5-9(11)10-6-2-4-8-12(10)14(13)16/h1-8,13,15H. The van der Waals surface area contributed by atoms with Gasteiger partial charge in [-0.05, 0) is 16.7 Å². The van der Waals surface area contributed by atoms with Gasteiger partial charge in [-0.1, -0.05) is 48.5 Å². The van der Waals surface area contributed by atoms with Crippen molar-refractivity contribution in [1.82, 2.24) is 0 Å². The molecule has 0 amide bonds. The van der Waals surface area contributed by atoms with Crippen molar-refractivity contribution >= 4 is 5.78 Å². The van der Waals surface area contributed by atoms with Crippen molar-refractivity contribution in [2.24, 2.45) is 0 Å². The number of fused-ring (bicyclic) bond motifs is 3. The molecule has 0 aromatic heterocycles. The summed E-state index contributed by atoms with van der Waals surface area (Å²) in [6, 6.07) is 14.9. The maximum absolute atomic E-state index is 11.9. The quantitative estimate of drug-likeness (QED) is 0.725. The van der Waals surface area contributed by atoms with Gasteiger partial charge in [-0.15, -0.1) is 0 Å². The van der Waals surface area contributed by atoms with Gasteiger partial charge in [0.15, 0.2) is 5.78 Å². The summed E-state index contributed by atoms with van der Waals surface area (Å²) in [5, 5.41) is 9.93. The third-order valence-corrected chi connectivity index (χ3v) is 2.99. The Morgan fingerprint density at radius 2 is 1.38 bits per heavy atom. The predicted octanol–water partition coefficient (Wildman–Crippen LogP) is 2.58. The molecule has 0 radical (unpaired) electrons. The maximum Gasteiger partial charge on any atom is 0.196 e. The first-order chi connectivity index (χ1) is 7.79. The Morgan fingerprint density at radius 3 is 2.12 bits per heavy atom. The van der Waals surface area contributed by atoms with E-state index in [1.165, 1.54) is 0 Å². The largest absolute Gasteiger partial charge is 0.380 e. The molecule has 0 spiro atoms. The Labute approximate surface area is 93.2 Å². The zero-order valence-corrected chi connectivity index (χ0v) is 8.55. The summed E-state index contributed by atoms with van der Waals surface area (Å²) >= 11 is 0. The highest BCUT2D eigenvalue weighted by Gasteiger charge is 2.29. The van der Waals surface area contributed by atoms with E-state index in [0.717, 1.165) is 11.1 Å². The second kappa shape index (κ2) is 3.29. The minimum atomic E-state index is -1.02. The molecule has 0 saturated carbocycles. The molecule has 1 aliphatic rings. The van der Waals surface area contributed by atoms with E-state index in [2.05, 4.69) is 0 Å².